The fraction of sp³-hybridized carbons (Fsp3) is 0.471. The molecule has 3 rings (SSSR count). The van der Waals surface area contributed by atoms with Gasteiger partial charge in [0.25, 0.3) is 0 Å². The summed E-state index contributed by atoms with van der Waals surface area (Å²) in [4.78, 5) is 18.0. The molecule has 22 heavy (non-hydrogen) atoms. The molecule has 0 bridgehead atoms. The number of amides is 2. The number of nitrogens with zero attached hydrogens (tertiary/aromatic N) is 2. The van der Waals surface area contributed by atoms with Crippen molar-refractivity contribution in [2.75, 3.05) is 37.2 Å². The molecular formula is C17H23N3OS. The van der Waals surface area contributed by atoms with Crippen LogP contribution in [0.1, 0.15) is 13.3 Å². The number of benzene rings is 1. The molecule has 1 aromatic carbocycles. The number of rotatable bonds is 4. The standard InChI is InChI=1S/C17H23N3OS/c1-2-22-16-7-5-6-14(12-16)18-17(21)20-11-8-15(13-20)19-9-3-4-10-19/h3-7,12,15H,2,8-11,13H2,1H3,(H,18,21). The van der Waals surface area contributed by atoms with E-state index in [0.29, 0.717) is 6.04 Å². The fourth-order valence-electron chi connectivity index (χ4n) is 3.05. The predicted octanol–water partition coefficient (Wildman–Crippen LogP) is 3.28. The maximum absolute atomic E-state index is 12.4. The van der Waals surface area contributed by atoms with Crippen LogP contribution in [0.4, 0.5) is 10.5 Å². The third-order valence-electron chi connectivity index (χ3n) is 4.21. The Labute approximate surface area is 136 Å². The van der Waals surface area contributed by atoms with Crippen LogP contribution in [-0.2, 0) is 0 Å². The Balaban J connectivity index is 1.55. The zero-order valence-electron chi connectivity index (χ0n) is 13.0. The molecule has 1 N–H and O–H groups in total. The van der Waals surface area contributed by atoms with E-state index in [1.807, 2.05) is 23.1 Å². The van der Waals surface area contributed by atoms with E-state index in [9.17, 15) is 4.79 Å². The Morgan fingerprint density at radius 3 is 2.95 bits per heavy atom. The molecule has 1 saturated heterocycles. The molecule has 1 fully saturated rings. The summed E-state index contributed by atoms with van der Waals surface area (Å²) in [5.74, 6) is 1.04. The van der Waals surface area contributed by atoms with Gasteiger partial charge in [0, 0.05) is 42.8 Å². The molecule has 1 atom stereocenters. The quantitative estimate of drug-likeness (QED) is 0.684. The Morgan fingerprint density at radius 2 is 2.18 bits per heavy atom. The number of hydrogen-bond acceptors (Lipinski definition) is 3. The van der Waals surface area contributed by atoms with Crippen LogP contribution in [0.5, 0.6) is 0 Å². The first-order chi connectivity index (χ1) is 10.8. The molecule has 1 aromatic rings. The van der Waals surface area contributed by atoms with E-state index >= 15 is 0 Å². The van der Waals surface area contributed by atoms with Crippen LogP contribution < -0.4 is 5.32 Å². The van der Waals surface area contributed by atoms with Gasteiger partial charge in [0.1, 0.15) is 0 Å². The van der Waals surface area contributed by atoms with Crippen LogP contribution in [0.25, 0.3) is 0 Å². The van der Waals surface area contributed by atoms with E-state index in [0.717, 1.165) is 44.0 Å². The Kier molecular flexibility index (Phi) is 5.05. The third kappa shape index (κ3) is 3.65. The maximum Gasteiger partial charge on any atom is 0.321 e. The van der Waals surface area contributed by atoms with Crippen LogP contribution >= 0.6 is 11.8 Å². The number of carbonyl (C=O) groups is 1. The molecule has 5 heteroatoms. The molecule has 0 saturated carbocycles. The van der Waals surface area contributed by atoms with Gasteiger partial charge >= 0.3 is 6.03 Å². The summed E-state index contributed by atoms with van der Waals surface area (Å²) in [6.07, 6.45) is 5.49. The van der Waals surface area contributed by atoms with E-state index < -0.39 is 0 Å². The van der Waals surface area contributed by atoms with E-state index in [2.05, 4.69) is 35.4 Å². The van der Waals surface area contributed by atoms with Gasteiger partial charge < -0.3 is 10.2 Å². The summed E-state index contributed by atoms with van der Waals surface area (Å²) in [6, 6.07) is 8.60. The molecular weight excluding hydrogens is 294 g/mol. The van der Waals surface area contributed by atoms with Crippen molar-refractivity contribution in [3.05, 3.63) is 36.4 Å². The van der Waals surface area contributed by atoms with Crippen molar-refractivity contribution in [1.29, 1.82) is 0 Å². The fourth-order valence-corrected chi connectivity index (χ4v) is 3.77. The normalized spacial score (nSPS) is 21.5. The average Bonchev–Trinajstić information content (AvgIpc) is 3.19. The zero-order valence-corrected chi connectivity index (χ0v) is 13.8. The summed E-state index contributed by atoms with van der Waals surface area (Å²) in [5.41, 5.74) is 0.884. The lowest BCUT2D eigenvalue weighted by Gasteiger charge is -2.23. The Bertz CT molecular complexity index is 553. The molecule has 2 aliphatic rings. The molecule has 2 heterocycles. The number of likely N-dealkylation sites (tertiary alicyclic amines) is 1. The van der Waals surface area contributed by atoms with Crippen LogP contribution in [0.3, 0.4) is 0 Å². The van der Waals surface area contributed by atoms with Gasteiger partial charge in [-0.3, -0.25) is 4.90 Å². The molecule has 1 unspecified atom stereocenters. The molecule has 0 aliphatic carbocycles. The lowest BCUT2D eigenvalue weighted by molar-refractivity contribution is 0.212. The second kappa shape index (κ2) is 7.20. The first kappa shape index (κ1) is 15.4. The molecule has 0 radical (unpaired) electrons. The predicted molar refractivity (Wildman–Crippen MR) is 92.5 cm³/mol. The topological polar surface area (TPSA) is 35.6 Å². The van der Waals surface area contributed by atoms with Gasteiger partial charge in [-0.05, 0) is 30.4 Å². The summed E-state index contributed by atoms with van der Waals surface area (Å²) < 4.78 is 0. The largest absolute Gasteiger partial charge is 0.323 e. The monoisotopic (exact) mass is 317 g/mol. The second-order valence-electron chi connectivity index (χ2n) is 5.70. The van der Waals surface area contributed by atoms with E-state index in [4.69, 9.17) is 0 Å². The highest BCUT2D eigenvalue weighted by atomic mass is 32.2. The van der Waals surface area contributed by atoms with Gasteiger partial charge in [-0.2, -0.15) is 0 Å². The summed E-state index contributed by atoms with van der Waals surface area (Å²) in [6.45, 7) is 5.85. The van der Waals surface area contributed by atoms with Gasteiger partial charge in [0.05, 0.1) is 0 Å². The average molecular weight is 317 g/mol. The minimum Gasteiger partial charge on any atom is -0.323 e. The van der Waals surface area contributed by atoms with E-state index in [-0.39, 0.29) is 6.03 Å². The first-order valence-corrected chi connectivity index (χ1v) is 8.92. The van der Waals surface area contributed by atoms with Crippen molar-refractivity contribution in [2.24, 2.45) is 0 Å². The van der Waals surface area contributed by atoms with Crippen molar-refractivity contribution in [3.8, 4) is 0 Å². The number of hydrogen-bond donors (Lipinski definition) is 1. The summed E-state index contributed by atoms with van der Waals surface area (Å²) >= 11 is 1.79. The second-order valence-corrected chi connectivity index (χ2v) is 7.04. The van der Waals surface area contributed by atoms with Crippen molar-refractivity contribution in [2.45, 2.75) is 24.3 Å². The Morgan fingerprint density at radius 1 is 1.36 bits per heavy atom. The smallest absolute Gasteiger partial charge is 0.321 e. The van der Waals surface area contributed by atoms with Gasteiger partial charge in [0.2, 0.25) is 0 Å². The molecule has 0 spiro atoms. The summed E-state index contributed by atoms with van der Waals surface area (Å²) in [5, 5.41) is 3.03. The highest BCUT2D eigenvalue weighted by Gasteiger charge is 2.30. The number of carbonyl (C=O) groups excluding carboxylic acids is 1. The molecule has 118 valence electrons. The zero-order chi connectivity index (χ0) is 15.4. The Hall–Kier alpha value is -1.46. The van der Waals surface area contributed by atoms with E-state index in [1.165, 1.54) is 4.90 Å². The van der Waals surface area contributed by atoms with Crippen molar-refractivity contribution < 1.29 is 4.79 Å². The number of nitrogens with one attached hydrogen (secondary N) is 1. The van der Waals surface area contributed by atoms with Gasteiger partial charge in [-0.25, -0.2) is 4.79 Å². The number of urea groups is 1. The minimum atomic E-state index is 0.0216. The highest BCUT2D eigenvalue weighted by Crippen LogP contribution is 2.22. The number of anilines is 1. The molecule has 2 aliphatic heterocycles. The van der Waals surface area contributed by atoms with E-state index in [1.54, 1.807) is 11.8 Å². The van der Waals surface area contributed by atoms with Crippen molar-refractivity contribution in [3.63, 3.8) is 0 Å². The third-order valence-corrected chi connectivity index (χ3v) is 5.09. The van der Waals surface area contributed by atoms with Crippen LogP contribution in [0, 0.1) is 0 Å². The van der Waals surface area contributed by atoms with Gasteiger partial charge in [-0.15, -0.1) is 11.8 Å². The minimum absolute atomic E-state index is 0.0216. The molecule has 4 nitrogen and oxygen atoms in total. The SMILES string of the molecule is CCSc1cccc(NC(=O)N2CCC(N3CC=CC3)C2)c1. The van der Waals surface area contributed by atoms with Crippen LogP contribution in [0.2, 0.25) is 0 Å². The van der Waals surface area contributed by atoms with Crippen molar-refractivity contribution in [1.82, 2.24) is 9.80 Å². The van der Waals surface area contributed by atoms with Crippen LogP contribution in [0.15, 0.2) is 41.3 Å². The van der Waals surface area contributed by atoms with Gasteiger partial charge in [-0.1, -0.05) is 25.1 Å². The van der Waals surface area contributed by atoms with Crippen molar-refractivity contribution >= 4 is 23.5 Å². The highest BCUT2D eigenvalue weighted by molar-refractivity contribution is 7.99. The van der Waals surface area contributed by atoms with Crippen LogP contribution in [-0.4, -0.2) is 53.8 Å². The number of thioether (sulfide) groups is 1. The maximum atomic E-state index is 12.4. The molecule has 2 amide bonds. The molecule has 0 aromatic heterocycles. The van der Waals surface area contributed by atoms with Gasteiger partial charge in [0.15, 0.2) is 0 Å². The first-order valence-electron chi connectivity index (χ1n) is 7.94. The lowest BCUT2D eigenvalue weighted by Crippen LogP contribution is -2.38. The lowest BCUT2D eigenvalue weighted by atomic mass is 10.2. The summed E-state index contributed by atoms with van der Waals surface area (Å²) in [7, 11) is 0.